The first kappa shape index (κ1) is 13.4. The van der Waals surface area contributed by atoms with Crippen LogP contribution in [0.1, 0.15) is 34.1 Å². The summed E-state index contributed by atoms with van der Waals surface area (Å²) in [5, 5.41) is 0. The topological polar surface area (TPSA) is 61.5 Å². The molecule has 0 aliphatic rings. The van der Waals surface area contributed by atoms with Crippen molar-refractivity contribution in [3.05, 3.63) is 0 Å². The fraction of sp³-hybridized carbons (Fsp3) is 0.900. The van der Waals surface area contributed by atoms with Crippen LogP contribution in [0.4, 0.5) is 0 Å². The zero-order chi connectivity index (χ0) is 11.4. The zero-order valence-electron chi connectivity index (χ0n) is 9.66. The van der Waals surface area contributed by atoms with Gasteiger partial charge in [0.25, 0.3) is 0 Å². The number of carbonyl (C=O) groups is 1. The second-order valence-electron chi connectivity index (χ2n) is 4.38. The SMILES string of the molecule is COC(=O)C[C@H](N)[C@H](C)OC(C)(C)C. The number of hydrogen-bond acceptors (Lipinski definition) is 4. The number of hydrogen-bond donors (Lipinski definition) is 1. The predicted octanol–water partition coefficient (Wildman–Crippen LogP) is 1.08. The van der Waals surface area contributed by atoms with Crippen molar-refractivity contribution in [3.63, 3.8) is 0 Å². The van der Waals surface area contributed by atoms with Gasteiger partial charge in [-0.25, -0.2) is 0 Å². The van der Waals surface area contributed by atoms with Gasteiger partial charge in [0.15, 0.2) is 0 Å². The molecule has 84 valence electrons. The summed E-state index contributed by atoms with van der Waals surface area (Å²) in [5.41, 5.74) is 5.53. The van der Waals surface area contributed by atoms with Crippen LogP contribution in [0.3, 0.4) is 0 Å². The second-order valence-corrected chi connectivity index (χ2v) is 4.38. The highest BCUT2D eigenvalue weighted by Gasteiger charge is 2.22. The lowest BCUT2D eigenvalue weighted by Gasteiger charge is -2.28. The highest BCUT2D eigenvalue weighted by atomic mass is 16.5. The Morgan fingerprint density at radius 3 is 2.29 bits per heavy atom. The predicted molar refractivity (Wildman–Crippen MR) is 54.9 cm³/mol. The molecule has 0 bridgehead atoms. The van der Waals surface area contributed by atoms with E-state index in [0.29, 0.717) is 0 Å². The molecule has 0 fully saturated rings. The zero-order valence-corrected chi connectivity index (χ0v) is 9.66. The third kappa shape index (κ3) is 5.94. The van der Waals surface area contributed by atoms with E-state index in [1.807, 2.05) is 27.7 Å². The average molecular weight is 203 g/mol. The van der Waals surface area contributed by atoms with E-state index < -0.39 is 0 Å². The van der Waals surface area contributed by atoms with E-state index in [-0.39, 0.29) is 30.1 Å². The average Bonchev–Trinajstić information content (AvgIpc) is 2.00. The highest BCUT2D eigenvalue weighted by Crippen LogP contribution is 2.13. The first-order valence-electron chi connectivity index (χ1n) is 4.76. The van der Waals surface area contributed by atoms with Crippen molar-refractivity contribution in [2.24, 2.45) is 5.73 Å². The first-order valence-corrected chi connectivity index (χ1v) is 4.76. The van der Waals surface area contributed by atoms with Crippen molar-refractivity contribution in [1.29, 1.82) is 0 Å². The van der Waals surface area contributed by atoms with Gasteiger partial charge >= 0.3 is 5.97 Å². The summed E-state index contributed by atoms with van der Waals surface area (Å²) >= 11 is 0. The molecule has 0 aliphatic carbocycles. The lowest BCUT2D eigenvalue weighted by Crippen LogP contribution is -2.40. The molecular weight excluding hydrogens is 182 g/mol. The van der Waals surface area contributed by atoms with E-state index in [2.05, 4.69) is 4.74 Å². The minimum absolute atomic E-state index is 0.158. The van der Waals surface area contributed by atoms with Gasteiger partial charge in [0, 0.05) is 6.04 Å². The summed E-state index contributed by atoms with van der Waals surface area (Å²) in [4.78, 5) is 10.9. The summed E-state index contributed by atoms with van der Waals surface area (Å²) in [5.74, 6) is -0.304. The van der Waals surface area contributed by atoms with E-state index in [1.54, 1.807) is 0 Å². The molecule has 0 radical (unpaired) electrons. The normalized spacial score (nSPS) is 16.1. The van der Waals surface area contributed by atoms with Crippen molar-refractivity contribution in [2.45, 2.75) is 51.9 Å². The maximum Gasteiger partial charge on any atom is 0.307 e. The molecule has 0 aromatic heterocycles. The molecule has 0 amide bonds. The summed E-state index contributed by atoms with van der Waals surface area (Å²) < 4.78 is 10.1. The third-order valence-electron chi connectivity index (χ3n) is 1.77. The third-order valence-corrected chi connectivity index (χ3v) is 1.77. The van der Waals surface area contributed by atoms with Gasteiger partial charge in [0.1, 0.15) is 0 Å². The van der Waals surface area contributed by atoms with Gasteiger partial charge < -0.3 is 15.2 Å². The number of carbonyl (C=O) groups excluding carboxylic acids is 1. The molecule has 2 N–H and O–H groups in total. The summed E-state index contributed by atoms with van der Waals surface area (Å²) in [6.45, 7) is 7.72. The summed E-state index contributed by atoms with van der Waals surface area (Å²) in [7, 11) is 1.35. The molecule has 0 saturated heterocycles. The molecule has 14 heavy (non-hydrogen) atoms. The van der Waals surface area contributed by atoms with Crippen LogP contribution < -0.4 is 5.73 Å². The van der Waals surface area contributed by atoms with Crippen LogP contribution in [-0.2, 0) is 14.3 Å². The van der Waals surface area contributed by atoms with E-state index in [1.165, 1.54) is 7.11 Å². The molecule has 0 aromatic rings. The van der Waals surface area contributed by atoms with Gasteiger partial charge in [-0.1, -0.05) is 0 Å². The lowest BCUT2D eigenvalue weighted by atomic mass is 10.1. The number of ether oxygens (including phenoxy) is 2. The van der Waals surface area contributed by atoms with Crippen LogP contribution >= 0.6 is 0 Å². The molecule has 0 aromatic carbocycles. The van der Waals surface area contributed by atoms with E-state index in [4.69, 9.17) is 10.5 Å². The van der Waals surface area contributed by atoms with Gasteiger partial charge in [-0.2, -0.15) is 0 Å². The van der Waals surface area contributed by atoms with E-state index in [9.17, 15) is 4.79 Å². The van der Waals surface area contributed by atoms with Crippen molar-refractivity contribution in [1.82, 2.24) is 0 Å². The van der Waals surface area contributed by atoms with Gasteiger partial charge in [-0.15, -0.1) is 0 Å². The van der Waals surface area contributed by atoms with E-state index >= 15 is 0 Å². The maximum absolute atomic E-state index is 10.9. The molecule has 0 saturated carbocycles. The molecule has 0 spiro atoms. The first-order chi connectivity index (χ1) is 6.26. The maximum atomic E-state index is 10.9. The molecule has 0 heterocycles. The van der Waals surface area contributed by atoms with Crippen LogP contribution in [0, 0.1) is 0 Å². The molecular formula is C10H21NO3. The Hall–Kier alpha value is -0.610. The van der Waals surface area contributed by atoms with Crippen LogP contribution in [-0.4, -0.2) is 30.8 Å². The lowest BCUT2D eigenvalue weighted by molar-refractivity contribution is -0.142. The number of nitrogens with two attached hydrogens (primary N) is 1. The van der Waals surface area contributed by atoms with Crippen molar-refractivity contribution >= 4 is 5.97 Å². The summed E-state index contributed by atoms with van der Waals surface area (Å²) in [6.07, 6.45) is 0.0300. The minimum atomic E-state index is -0.318. The van der Waals surface area contributed by atoms with Crippen LogP contribution in [0.15, 0.2) is 0 Å². The monoisotopic (exact) mass is 203 g/mol. The van der Waals surface area contributed by atoms with Gasteiger partial charge in [0.2, 0.25) is 0 Å². The fourth-order valence-electron chi connectivity index (χ4n) is 1.09. The Morgan fingerprint density at radius 1 is 1.43 bits per heavy atom. The smallest absolute Gasteiger partial charge is 0.307 e. The van der Waals surface area contributed by atoms with Gasteiger partial charge in [-0.05, 0) is 27.7 Å². The number of rotatable bonds is 4. The Morgan fingerprint density at radius 2 is 1.93 bits per heavy atom. The second kappa shape index (κ2) is 5.32. The molecule has 0 rings (SSSR count). The standard InChI is InChI=1S/C10H21NO3/c1-7(14-10(2,3)4)8(11)6-9(12)13-5/h7-8H,6,11H2,1-5H3/t7-,8-/m0/s1. The van der Waals surface area contributed by atoms with Gasteiger partial charge in [-0.3, -0.25) is 4.79 Å². The van der Waals surface area contributed by atoms with Crippen molar-refractivity contribution in [2.75, 3.05) is 7.11 Å². The molecule has 2 atom stereocenters. The Labute approximate surface area is 85.8 Å². The quantitative estimate of drug-likeness (QED) is 0.694. The van der Waals surface area contributed by atoms with Crippen molar-refractivity contribution < 1.29 is 14.3 Å². The van der Waals surface area contributed by atoms with Crippen LogP contribution in [0.5, 0.6) is 0 Å². The highest BCUT2D eigenvalue weighted by molar-refractivity contribution is 5.69. The fourth-order valence-corrected chi connectivity index (χ4v) is 1.09. The number of esters is 1. The molecule has 0 aliphatic heterocycles. The largest absolute Gasteiger partial charge is 0.469 e. The Bertz CT molecular complexity index is 186. The number of methoxy groups -OCH3 is 1. The minimum Gasteiger partial charge on any atom is -0.469 e. The van der Waals surface area contributed by atoms with Crippen LogP contribution in [0.2, 0.25) is 0 Å². The van der Waals surface area contributed by atoms with Gasteiger partial charge in [0.05, 0.1) is 25.2 Å². The van der Waals surface area contributed by atoms with E-state index in [0.717, 1.165) is 0 Å². The molecule has 4 heteroatoms. The Balaban J connectivity index is 3.99. The molecule has 4 nitrogen and oxygen atoms in total. The molecule has 0 unspecified atom stereocenters. The Kier molecular flexibility index (Phi) is 5.08. The summed E-state index contributed by atoms with van der Waals surface area (Å²) in [6, 6.07) is -0.318. The van der Waals surface area contributed by atoms with Crippen LogP contribution in [0.25, 0.3) is 0 Å². The van der Waals surface area contributed by atoms with Crippen molar-refractivity contribution in [3.8, 4) is 0 Å².